The lowest BCUT2D eigenvalue weighted by Crippen LogP contribution is -2.37. The minimum Gasteiger partial charge on any atom is -0.459 e. The second-order valence-corrected chi connectivity index (χ2v) is 6.52. The maximum Gasteiger partial charge on any atom is 0.289 e. The highest BCUT2D eigenvalue weighted by Crippen LogP contribution is 2.23. The molecule has 27 heavy (non-hydrogen) atoms. The summed E-state index contributed by atoms with van der Waals surface area (Å²) in [5.74, 6) is -0.106. The van der Waals surface area contributed by atoms with Gasteiger partial charge in [-0.1, -0.05) is 30.3 Å². The van der Waals surface area contributed by atoms with E-state index in [4.69, 9.17) is 4.42 Å². The molecular weight excluding hydrogens is 344 g/mol. The molecule has 1 aliphatic rings. The number of amides is 2. The highest BCUT2D eigenvalue weighted by molar-refractivity contribution is 5.95. The highest BCUT2D eigenvalue weighted by atomic mass is 16.3. The van der Waals surface area contributed by atoms with Crippen LogP contribution in [-0.4, -0.2) is 33.0 Å². The zero-order valence-corrected chi connectivity index (χ0v) is 15.0. The van der Waals surface area contributed by atoms with Gasteiger partial charge in [0.25, 0.3) is 11.8 Å². The van der Waals surface area contributed by atoms with Crippen LogP contribution in [0.25, 0.3) is 0 Å². The normalized spacial score (nSPS) is 13.3. The molecule has 7 heteroatoms. The summed E-state index contributed by atoms with van der Waals surface area (Å²) in [6, 6.07) is 13.1. The first-order valence-electron chi connectivity index (χ1n) is 8.83. The number of fused-ring (bicyclic) bond motifs is 1. The summed E-state index contributed by atoms with van der Waals surface area (Å²) < 4.78 is 6.95. The van der Waals surface area contributed by atoms with Crippen molar-refractivity contribution in [2.75, 3.05) is 6.54 Å². The third kappa shape index (κ3) is 3.36. The zero-order valence-electron chi connectivity index (χ0n) is 15.0. The number of hydrogen-bond acceptors (Lipinski definition) is 4. The SMILES string of the molecule is Cn1nc(C(=O)NCc2ccccc2)c2c1CCN(C(=O)c1ccco1)C2. The van der Waals surface area contributed by atoms with Gasteiger partial charge in [-0.3, -0.25) is 14.3 Å². The van der Waals surface area contributed by atoms with Crippen molar-refractivity contribution in [3.8, 4) is 0 Å². The Morgan fingerprint density at radius 3 is 2.74 bits per heavy atom. The van der Waals surface area contributed by atoms with E-state index in [9.17, 15) is 9.59 Å². The van der Waals surface area contributed by atoms with E-state index >= 15 is 0 Å². The number of nitrogens with zero attached hydrogens (tertiary/aromatic N) is 3. The molecule has 0 saturated heterocycles. The van der Waals surface area contributed by atoms with Gasteiger partial charge < -0.3 is 14.6 Å². The van der Waals surface area contributed by atoms with Crippen molar-refractivity contribution >= 4 is 11.8 Å². The lowest BCUT2D eigenvalue weighted by molar-refractivity contribution is 0.0698. The molecule has 0 aliphatic carbocycles. The molecule has 1 aliphatic heterocycles. The molecule has 2 aromatic heterocycles. The van der Waals surface area contributed by atoms with Crippen LogP contribution in [0.4, 0.5) is 0 Å². The maximum absolute atomic E-state index is 12.7. The molecule has 4 rings (SSSR count). The van der Waals surface area contributed by atoms with Crippen LogP contribution in [0.1, 0.15) is 37.9 Å². The Labute approximate surface area is 156 Å². The summed E-state index contributed by atoms with van der Waals surface area (Å²) >= 11 is 0. The molecule has 0 radical (unpaired) electrons. The number of aryl methyl sites for hydroxylation is 1. The molecule has 2 amide bonds. The highest BCUT2D eigenvalue weighted by Gasteiger charge is 2.30. The van der Waals surface area contributed by atoms with E-state index < -0.39 is 0 Å². The second kappa shape index (κ2) is 7.11. The van der Waals surface area contributed by atoms with Crippen molar-refractivity contribution in [1.29, 1.82) is 0 Å². The maximum atomic E-state index is 12.7. The van der Waals surface area contributed by atoms with Gasteiger partial charge in [0.15, 0.2) is 11.5 Å². The largest absolute Gasteiger partial charge is 0.459 e. The Morgan fingerprint density at radius 1 is 1.19 bits per heavy atom. The van der Waals surface area contributed by atoms with Gasteiger partial charge in [0.05, 0.1) is 12.8 Å². The van der Waals surface area contributed by atoms with E-state index in [0.29, 0.717) is 37.5 Å². The van der Waals surface area contributed by atoms with Crippen molar-refractivity contribution in [2.45, 2.75) is 19.5 Å². The molecule has 0 saturated carbocycles. The fourth-order valence-corrected chi connectivity index (χ4v) is 3.37. The van der Waals surface area contributed by atoms with E-state index in [2.05, 4.69) is 10.4 Å². The Hall–Kier alpha value is -3.35. The number of nitrogens with one attached hydrogen (secondary N) is 1. The number of hydrogen-bond donors (Lipinski definition) is 1. The predicted molar refractivity (Wildman–Crippen MR) is 98.0 cm³/mol. The summed E-state index contributed by atoms with van der Waals surface area (Å²) in [6.07, 6.45) is 2.13. The van der Waals surface area contributed by atoms with Gasteiger partial charge in [-0.25, -0.2) is 0 Å². The van der Waals surface area contributed by atoms with Gasteiger partial charge in [0.2, 0.25) is 0 Å². The number of carbonyl (C=O) groups excluding carboxylic acids is 2. The number of carbonyl (C=O) groups is 2. The second-order valence-electron chi connectivity index (χ2n) is 6.52. The van der Waals surface area contributed by atoms with Crippen molar-refractivity contribution in [3.05, 3.63) is 77.0 Å². The number of benzene rings is 1. The van der Waals surface area contributed by atoms with Crippen LogP contribution in [0.2, 0.25) is 0 Å². The van der Waals surface area contributed by atoms with Crippen molar-refractivity contribution < 1.29 is 14.0 Å². The predicted octanol–water partition coefficient (Wildman–Crippen LogP) is 2.14. The molecule has 0 spiro atoms. The lowest BCUT2D eigenvalue weighted by atomic mass is 10.0. The van der Waals surface area contributed by atoms with Gasteiger partial charge >= 0.3 is 0 Å². The Morgan fingerprint density at radius 2 is 2.00 bits per heavy atom. The smallest absolute Gasteiger partial charge is 0.289 e. The van der Waals surface area contributed by atoms with Crippen molar-refractivity contribution in [2.24, 2.45) is 7.05 Å². The van der Waals surface area contributed by atoms with E-state index in [1.807, 2.05) is 37.4 Å². The van der Waals surface area contributed by atoms with Crippen LogP contribution < -0.4 is 5.32 Å². The Balaban J connectivity index is 1.52. The minimum atomic E-state index is -0.233. The summed E-state index contributed by atoms with van der Waals surface area (Å²) in [6.45, 7) is 1.34. The monoisotopic (exact) mass is 364 g/mol. The Bertz CT molecular complexity index is 961. The molecule has 3 aromatic rings. The molecule has 0 atom stereocenters. The average Bonchev–Trinajstić information content (AvgIpc) is 3.35. The third-order valence-electron chi connectivity index (χ3n) is 4.77. The van der Waals surface area contributed by atoms with Crippen LogP contribution in [-0.2, 0) is 26.6 Å². The molecule has 0 unspecified atom stereocenters. The van der Waals surface area contributed by atoms with Crippen LogP contribution in [0.5, 0.6) is 0 Å². The number of furan rings is 1. The summed E-state index contributed by atoms with van der Waals surface area (Å²) in [7, 11) is 1.83. The zero-order chi connectivity index (χ0) is 18.8. The van der Waals surface area contributed by atoms with Crippen LogP contribution in [0, 0.1) is 0 Å². The number of rotatable bonds is 4. The summed E-state index contributed by atoms with van der Waals surface area (Å²) in [4.78, 5) is 27.0. The van der Waals surface area contributed by atoms with Crippen LogP contribution >= 0.6 is 0 Å². The molecule has 0 fully saturated rings. The molecule has 0 bridgehead atoms. The molecule has 138 valence electrons. The topological polar surface area (TPSA) is 80.4 Å². The number of aromatic nitrogens is 2. The van der Waals surface area contributed by atoms with E-state index in [0.717, 1.165) is 16.8 Å². The molecular formula is C20H20N4O3. The van der Waals surface area contributed by atoms with Crippen LogP contribution in [0.3, 0.4) is 0 Å². The molecule has 1 aromatic carbocycles. The minimum absolute atomic E-state index is 0.176. The summed E-state index contributed by atoms with van der Waals surface area (Å²) in [5, 5.41) is 7.32. The first kappa shape index (κ1) is 17.1. The quantitative estimate of drug-likeness (QED) is 0.769. The van der Waals surface area contributed by atoms with Gasteiger partial charge in [-0.05, 0) is 17.7 Å². The van der Waals surface area contributed by atoms with Gasteiger partial charge in [-0.2, -0.15) is 5.10 Å². The standard InChI is InChI=1S/C20H20N4O3/c1-23-16-9-10-24(20(26)17-8-5-11-27-17)13-15(16)18(22-23)19(25)21-12-14-6-3-2-4-7-14/h2-8,11H,9-10,12-13H2,1H3,(H,21,25). The molecule has 1 N–H and O–H groups in total. The van der Waals surface area contributed by atoms with Crippen LogP contribution in [0.15, 0.2) is 53.1 Å². The van der Waals surface area contributed by atoms with Gasteiger partial charge in [-0.15, -0.1) is 0 Å². The molecule has 3 heterocycles. The van der Waals surface area contributed by atoms with E-state index in [-0.39, 0.29) is 11.8 Å². The fraction of sp³-hybridized carbons (Fsp3) is 0.250. The van der Waals surface area contributed by atoms with Crippen molar-refractivity contribution in [1.82, 2.24) is 20.0 Å². The first-order chi connectivity index (χ1) is 13.1. The van der Waals surface area contributed by atoms with Gasteiger partial charge in [0, 0.05) is 37.8 Å². The van der Waals surface area contributed by atoms with E-state index in [1.54, 1.807) is 21.7 Å². The summed E-state index contributed by atoms with van der Waals surface area (Å²) in [5.41, 5.74) is 3.18. The van der Waals surface area contributed by atoms with Crippen molar-refractivity contribution in [3.63, 3.8) is 0 Å². The fourth-order valence-electron chi connectivity index (χ4n) is 3.37. The van der Waals surface area contributed by atoms with Gasteiger partial charge in [0.1, 0.15) is 0 Å². The first-order valence-corrected chi connectivity index (χ1v) is 8.83. The lowest BCUT2D eigenvalue weighted by Gasteiger charge is -2.26. The Kier molecular flexibility index (Phi) is 4.50. The molecule has 7 nitrogen and oxygen atoms in total. The average molecular weight is 364 g/mol. The van der Waals surface area contributed by atoms with E-state index in [1.165, 1.54) is 6.26 Å². The third-order valence-corrected chi connectivity index (χ3v) is 4.77.